The summed E-state index contributed by atoms with van der Waals surface area (Å²) in [7, 11) is 0. The van der Waals surface area contributed by atoms with Gasteiger partial charge in [-0.15, -0.1) is 0 Å². The zero-order chi connectivity index (χ0) is 12.6. The highest BCUT2D eigenvalue weighted by Crippen LogP contribution is 2.50. The number of nitrogens with two attached hydrogens (primary N) is 1. The molecule has 92 valence electrons. The number of halogens is 1. The zero-order valence-electron chi connectivity index (χ0n) is 9.65. The number of rotatable bonds is 4. The summed E-state index contributed by atoms with van der Waals surface area (Å²) in [5.41, 5.74) is 6.37. The zero-order valence-corrected chi connectivity index (χ0v) is 9.65. The van der Waals surface area contributed by atoms with E-state index < -0.39 is 10.7 Å². The summed E-state index contributed by atoms with van der Waals surface area (Å²) in [5.74, 6) is -0.560. The Balaban J connectivity index is 2.24. The number of hydrogen-bond donors (Lipinski definition) is 1. The van der Waals surface area contributed by atoms with Crippen LogP contribution in [0, 0.1) is 21.3 Å². The van der Waals surface area contributed by atoms with Gasteiger partial charge in [-0.25, -0.2) is 4.39 Å². The summed E-state index contributed by atoms with van der Waals surface area (Å²) < 4.78 is 13.2. The van der Waals surface area contributed by atoms with Crippen LogP contribution in [0.3, 0.4) is 0 Å². The maximum Gasteiger partial charge on any atom is 0.272 e. The second kappa shape index (κ2) is 4.07. The smallest absolute Gasteiger partial charge is 0.272 e. The van der Waals surface area contributed by atoms with E-state index in [0.29, 0.717) is 12.0 Å². The third-order valence-corrected chi connectivity index (χ3v) is 3.57. The minimum atomic E-state index is -0.571. The SMILES string of the molecule is CC(N)C1(Cc2cc(F)cc([N+](=O)[O-])c2)CC1. The molecule has 0 aliphatic heterocycles. The summed E-state index contributed by atoms with van der Waals surface area (Å²) in [4.78, 5) is 10.1. The van der Waals surface area contributed by atoms with Gasteiger partial charge in [0.15, 0.2) is 0 Å². The first-order valence-electron chi connectivity index (χ1n) is 5.62. The molecule has 1 unspecified atom stereocenters. The van der Waals surface area contributed by atoms with Crippen LogP contribution in [-0.4, -0.2) is 11.0 Å². The van der Waals surface area contributed by atoms with E-state index in [-0.39, 0.29) is 17.1 Å². The van der Waals surface area contributed by atoms with Crippen molar-refractivity contribution < 1.29 is 9.31 Å². The van der Waals surface area contributed by atoms with Gasteiger partial charge < -0.3 is 5.73 Å². The minimum Gasteiger partial charge on any atom is -0.327 e. The van der Waals surface area contributed by atoms with E-state index in [2.05, 4.69) is 0 Å². The van der Waals surface area contributed by atoms with E-state index in [0.717, 1.165) is 18.9 Å². The Labute approximate surface area is 98.8 Å². The lowest BCUT2D eigenvalue weighted by Gasteiger charge is -2.19. The Morgan fingerprint density at radius 2 is 2.18 bits per heavy atom. The van der Waals surface area contributed by atoms with Crippen molar-refractivity contribution in [2.24, 2.45) is 11.1 Å². The van der Waals surface area contributed by atoms with Crippen LogP contribution in [0.1, 0.15) is 25.3 Å². The number of benzene rings is 1. The van der Waals surface area contributed by atoms with E-state index in [1.165, 1.54) is 12.1 Å². The Kier molecular flexibility index (Phi) is 2.87. The third-order valence-electron chi connectivity index (χ3n) is 3.57. The second-order valence-corrected chi connectivity index (χ2v) is 4.90. The van der Waals surface area contributed by atoms with Crippen molar-refractivity contribution in [3.05, 3.63) is 39.7 Å². The van der Waals surface area contributed by atoms with Crippen LogP contribution in [0.2, 0.25) is 0 Å². The van der Waals surface area contributed by atoms with Gasteiger partial charge >= 0.3 is 0 Å². The van der Waals surface area contributed by atoms with E-state index >= 15 is 0 Å². The molecule has 4 nitrogen and oxygen atoms in total. The van der Waals surface area contributed by atoms with Crippen molar-refractivity contribution in [2.45, 2.75) is 32.2 Å². The molecule has 0 radical (unpaired) electrons. The molecule has 0 spiro atoms. The lowest BCUT2D eigenvalue weighted by Crippen LogP contribution is -2.29. The van der Waals surface area contributed by atoms with Crippen molar-refractivity contribution in [1.29, 1.82) is 0 Å². The molecule has 1 saturated carbocycles. The molecular formula is C12H15FN2O2. The summed E-state index contributed by atoms with van der Waals surface area (Å²) in [5, 5.41) is 10.6. The molecule has 1 atom stereocenters. The van der Waals surface area contributed by atoms with Crippen molar-refractivity contribution in [2.75, 3.05) is 0 Å². The van der Waals surface area contributed by atoms with Crippen LogP contribution < -0.4 is 5.73 Å². The van der Waals surface area contributed by atoms with E-state index in [4.69, 9.17) is 5.73 Å². The lowest BCUT2D eigenvalue weighted by atomic mass is 9.90. The highest BCUT2D eigenvalue weighted by Gasteiger charge is 2.45. The monoisotopic (exact) mass is 238 g/mol. The number of nitro benzene ring substituents is 1. The molecule has 0 heterocycles. The first-order chi connectivity index (χ1) is 7.93. The van der Waals surface area contributed by atoms with Crippen LogP contribution in [0.5, 0.6) is 0 Å². The summed E-state index contributed by atoms with van der Waals surface area (Å²) in [6.45, 7) is 1.93. The molecule has 1 aromatic rings. The fourth-order valence-corrected chi connectivity index (χ4v) is 2.20. The Morgan fingerprint density at radius 3 is 2.65 bits per heavy atom. The van der Waals surface area contributed by atoms with Crippen LogP contribution >= 0.6 is 0 Å². The summed E-state index contributed by atoms with van der Waals surface area (Å²) in [6, 6.07) is 3.76. The molecule has 5 heteroatoms. The van der Waals surface area contributed by atoms with E-state index in [1.54, 1.807) is 0 Å². The first kappa shape index (κ1) is 12.0. The molecule has 1 aliphatic rings. The summed E-state index contributed by atoms with van der Waals surface area (Å²) in [6.07, 6.45) is 2.63. The predicted molar refractivity (Wildman–Crippen MR) is 62.1 cm³/mol. The van der Waals surface area contributed by atoms with Crippen molar-refractivity contribution in [3.63, 3.8) is 0 Å². The quantitative estimate of drug-likeness (QED) is 0.646. The standard InChI is InChI=1S/C12H15FN2O2/c1-8(14)12(2-3-12)7-9-4-10(13)6-11(5-9)15(16)17/h4-6,8H,2-3,7,14H2,1H3. The average Bonchev–Trinajstić information content (AvgIpc) is 2.97. The molecule has 1 fully saturated rings. The maximum absolute atomic E-state index is 13.2. The molecule has 1 aliphatic carbocycles. The van der Waals surface area contributed by atoms with Gasteiger partial charge in [-0.05, 0) is 43.2 Å². The molecule has 1 aromatic carbocycles. The van der Waals surface area contributed by atoms with Crippen LogP contribution in [-0.2, 0) is 6.42 Å². The van der Waals surface area contributed by atoms with Gasteiger partial charge in [0.1, 0.15) is 5.82 Å². The molecule has 2 rings (SSSR count). The van der Waals surface area contributed by atoms with E-state index in [1.807, 2.05) is 6.92 Å². The molecule has 2 N–H and O–H groups in total. The molecule has 17 heavy (non-hydrogen) atoms. The van der Waals surface area contributed by atoms with Crippen molar-refractivity contribution >= 4 is 5.69 Å². The normalized spacial score (nSPS) is 18.8. The molecule has 0 aromatic heterocycles. The third kappa shape index (κ3) is 2.44. The molecule has 0 bridgehead atoms. The fraction of sp³-hybridized carbons (Fsp3) is 0.500. The number of nitro groups is 1. The molecule has 0 amide bonds. The van der Waals surface area contributed by atoms with Gasteiger partial charge in [-0.2, -0.15) is 0 Å². The highest BCUT2D eigenvalue weighted by molar-refractivity contribution is 5.36. The maximum atomic E-state index is 13.2. The topological polar surface area (TPSA) is 69.2 Å². The van der Waals surface area contributed by atoms with Crippen LogP contribution in [0.4, 0.5) is 10.1 Å². The van der Waals surface area contributed by atoms with Crippen molar-refractivity contribution in [1.82, 2.24) is 0 Å². The second-order valence-electron chi connectivity index (χ2n) is 4.90. The molecule has 0 saturated heterocycles. The van der Waals surface area contributed by atoms with Gasteiger partial charge in [0.25, 0.3) is 5.69 Å². The Hall–Kier alpha value is -1.49. The summed E-state index contributed by atoms with van der Waals surface area (Å²) >= 11 is 0. The van der Waals surface area contributed by atoms with Gasteiger partial charge in [0.2, 0.25) is 0 Å². The highest BCUT2D eigenvalue weighted by atomic mass is 19.1. The average molecular weight is 238 g/mol. The lowest BCUT2D eigenvalue weighted by molar-refractivity contribution is -0.385. The van der Waals surface area contributed by atoms with Crippen LogP contribution in [0.15, 0.2) is 18.2 Å². The van der Waals surface area contributed by atoms with Crippen molar-refractivity contribution in [3.8, 4) is 0 Å². The van der Waals surface area contributed by atoms with Gasteiger partial charge in [-0.1, -0.05) is 0 Å². The Bertz CT molecular complexity index is 456. The number of nitrogens with zero attached hydrogens (tertiary/aromatic N) is 1. The molecular weight excluding hydrogens is 223 g/mol. The number of hydrogen-bond acceptors (Lipinski definition) is 3. The minimum absolute atomic E-state index is 0.0155. The first-order valence-corrected chi connectivity index (χ1v) is 5.62. The van der Waals surface area contributed by atoms with Crippen LogP contribution in [0.25, 0.3) is 0 Å². The van der Waals surface area contributed by atoms with Gasteiger partial charge in [0, 0.05) is 12.1 Å². The van der Waals surface area contributed by atoms with Gasteiger partial charge in [-0.3, -0.25) is 10.1 Å². The predicted octanol–water partition coefficient (Wildman–Crippen LogP) is 2.40. The van der Waals surface area contributed by atoms with E-state index in [9.17, 15) is 14.5 Å². The number of non-ortho nitro benzene ring substituents is 1. The Morgan fingerprint density at radius 1 is 1.53 bits per heavy atom. The fourth-order valence-electron chi connectivity index (χ4n) is 2.20. The van der Waals surface area contributed by atoms with Gasteiger partial charge in [0.05, 0.1) is 11.0 Å². The largest absolute Gasteiger partial charge is 0.327 e.